The van der Waals surface area contributed by atoms with Gasteiger partial charge in [-0.05, 0) is 36.3 Å². The molecule has 1 N–H and O–H groups in total. The Kier molecular flexibility index (Phi) is 4.06. The van der Waals surface area contributed by atoms with E-state index >= 15 is 0 Å². The van der Waals surface area contributed by atoms with Gasteiger partial charge in [-0.25, -0.2) is 0 Å². The Labute approximate surface area is 121 Å². The zero-order valence-corrected chi connectivity index (χ0v) is 12.3. The monoisotopic (exact) mass is 272 g/mol. The first-order valence-corrected chi connectivity index (χ1v) is 7.81. The molecule has 108 valence electrons. The third-order valence-electron chi connectivity index (χ3n) is 4.61. The highest BCUT2D eigenvalue weighted by Gasteiger charge is 2.38. The van der Waals surface area contributed by atoms with Gasteiger partial charge in [0.25, 0.3) is 0 Å². The first kappa shape index (κ1) is 13.6. The molecular weight excluding hydrogens is 248 g/mol. The lowest BCUT2D eigenvalue weighted by Gasteiger charge is -2.28. The van der Waals surface area contributed by atoms with E-state index in [4.69, 9.17) is 0 Å². The van der Waals surface area contributed by atoms with Crippen molar-refractivity contribution in [1.29, 1.82) is 0 Å². The molecule has 1 aromatic carbocycles. The molecule has 2 aliphatic rings. The van der Waals surface area contributed by atoms with Gasteiger partial charge in [0.15, 0.2) is 0 Å². The Morgan fingerprint density at radius 2 is 2.10 bits per heavy atom. The molecule has 1 amide bonds. The summed E-state index contributed by atoms with van der Waals surface area (Å²) in [5.74, 6) is 1.17. The quantitative estimate of drug-likeness (QED) is 0.834. The number of hydrogen-bond donors (Lipinski definition) is 1. The van der Waals surface area contributed by atoms with Crippen molar-refractivity contribution in [3.05, 3.63) is 35.4 Å². The fourth-order valence-electron chi connectivity index (χ4n) is 3.08. The number of rotatable bonds is 5. The third-order valence-corrected chi connectivity index (χ3v) is 4.61. The summed E-state index contributed by atoms with van der Waals surface area (Å²) >= 11 is 0. The molecule has 3 rings (SSSR count). The molecule has 2 atom stereocenters. The number of nitrogens with zero attached hydrogens (tertiary/aromatic N) is 1. The summed E-state index contributed by atoms with van der Waals surface area (Å²) < 4.78 is 0. The Bertz CT molecular complexity index is 486. The SMILES string of the molecule is CC1CC1C(=O)NCCCN1CCc2ccccc2C1. The van der Waals surface area contributed by atoms with E-state index in [2.05, 4.69) is 41.4 Å². The molecule has 0 radical (unpaired) electrons. The summed E-state index contributed by atoms with van der Waals surface area (Å²) in [6.07, 6.45) is 3.28. The van der Waals surface area contributed by atoms with E-state index in [-0.39, 0.29) is 5.91 Å². The second kappa shape index (κ2) is 5.96. The predicted molar refractivity (Wildman–Crippen MR) is 80.3 cm³/mol. The van der Waals surface area contributed by atoms with Crippen LogP contribution in [0, 0.1) is 11.8 Å². The predicted octanol–water partition coefficient (Wildman–Crippen LogP) is 2.21. The molecule has 0 bridgehead atoms. The largest absolute Gasteiger partial charge is 0.356 e. The van der Waals surface area contributed by atoms with Crippen molar-refractivity contribution in [3.8, 4) is 0 Å². The van der Waals surface area contributed by atoms with Crippen molar-refractivity contribution in [3.63, 3.8) is 0 Å². The minimum absolute atomic E-state index is 0.265. The van der Waals surface area contributed by atoms with Crippen LogP contribution >= 0.6 is 0 Å². The van der Waals surface area contributed by atoms with E-state index in [0.29, 0.717) is 11.8 Å². The van der Waals surface area contributed by atoms with E-state index < -0.39 is 0 Å². The van der Waals surface area contributed by atoms with E-state index in [9.17, 15) is 4.79 Å². The number of amides is 1. The summed E-state index contributed by atoms with van der Waals surface area (Å²) in [4.78, 5) is 14.2. The Morgan fingerprint density at radius 1 is 1.35 bits per heavy atom. The number of fused-ring (bicyclic) bond motifs is 1. The number of benzene rings is 1. The standard InChI is InChI=1S/C17H24N2O/c1-13-11-16(13)17(20)18-8-4-9-19-10-7-14-5-2-3-6-15(14)12-19/h2-3,5-6,13,16H,4,7-12H2,1H3,(H,18,20). The highest BCUT2D eigenvalue weighted by Crippen LogP contribution is 2.37. The molecule has 0 saturated heterocycles. The van der Waals surface area contributed by atoms with Gasteiger partial charge in [-0.15, -0.1) is 0 Å². The smallest absolute Gasteiger partial charge is 0.223 e. The van der Waals surface area contributed by atoms with Crippen molar-refractivity contribution >= 4 is 5.91 Å². The van der Waals surface area contributed by atoms with Crippen molar-refractivity contribution in [2.75, 3.05) is 19.6 Å². The highest BCUT2D eigenvalue weighted by atomic mass is 16.2. The Balaban J connectivity index is 1.37. The summed E-state index contributed by atoms with van der Waals surface area (Å²) in [5.41, 5.74) is 2.97. The van der Waals surface area contributed by atoms with Crippen LogP contribution < -0.4 is 5.32 Å². The maximum absolute atomic E-state index is 11.7. The number of hydrogen-bond acceptors (Lipinski definition) is 2. The van der Waals surface area contributed by atoms with E-state index in [1.54, 1.807) is 0 Å². The van der Waals surface area contributed by atoms with Crippen molar-refractivity contribution < 1.29 is 4.79 Å². The first-order valence-electron chi connectivity index (χ1n) is 7.81. The second-order valence-corrected chi connectivity index (χ2v) is 6.26. The van der Waals surface area contributed by atoms with Crippen LogP contribution in [0.25, 0.3) is 0 Å². The van der Waals surface area contributed by atoms with E-state index in [1.165, 1.54) is 11.1 Å². The summed E-state index contributed by atoms with van der Waals surface area (Å²) in [6.45, 7) is 6.25. The van der Waals surface area contributed by atoms with Crippen molar-refractivity contribution in [2.24, 2.45) is 11.8 Å². The van der Waals surface area contributed by atoms with Crippen LogP contribution in [0.1, 0.15) is 30.9 Å². The number of nitrogens with one attached hydrogen (secondary N) is 1. The second-order valence-electron chi connectivity index (χ2n) is 6.26. The fraction of sp³-hybridized carbons (Fsp3) is 0.588. The molecule has 0 aromatic heterocycles. The van der Waals surface area contributed by atoms with Crippen LogP contribution in [-0.4, -0.2) is 30.4 Å². The fourth-order valence-corrected chi connectivity index (χ4v) is 3.08. The lowest BCUT2D eigenvalue weighted by atomic mass is 10.00. The van der Waals surface area contributed by atoms with Gasteiger partial charge in [-0.3, -0.25) is 9.69 Å². The number of carbonyl (C=O) groups excluding carboxylic acids is 1. The van der Waals surface area contributed by atoms with Crippen molar-refractivity contribution in [2.45, 2.75) is 32.7 Å². The molecule has 1 aromatic rings. The van der Waals surface area contributed by atoms with Gasteiger partial charge in [0.2, 0.25) is 5.91 Å². The summed E-state index contributed by atoms with van der Waals surface area (Å²) in [7, 11) is 0. The van der Waals surface area contributed by atoms with Crippen molar-refractivity contribution in [1.82, 2.24) is 10.2 Å². The van der Waals surface area contributed by atoms with Crippen LogP contribution in [0.3, 0.4) is 0 Å². The molecule has 2 unspecified atom stereocenters. The van der Waals surface area contributed by atoms with E-state index in [0.717, 1.165) is 45.4 Å². The third kappa shape index (κ3) is 3.21. The lowest BCUT2D eigenvalue weighted by Crippen LogP contribution is -2.34. The average molecular weight is 272 g/mol. The zero-order chi connectivity index (χ0) is 13.9. The Hall–Kier alpha value is -1.35. The van der Waals surface area contributed by atoms with Crippen LogP contribution in [0.4, 0.5) is 0 Å². The molecule has 0 spiro atoms. The number of carbonyl (C=O) groups is 1. The average Bonchev–Trinajstić information content (AvgIpc) is 3.20. The lowest BCUT2D eigenvalue weighted by molar-refractivity contribution is -0.122. The van der Waals surface area contributed by atoms with Crippen LogP contribution in [0.2, 0.25) is 0 Å². The normalized spacial score (nSPS) is 25.1. The molecule has 3 nitrogen and oxygen atoms in total. The van der Waals surface area contributed by atoms with Crippen LogP contribution in [0.5, 0.6) is 0 Å². The topological polar surface area (TPSA) is 32.3 Å². The zero-order valence-electron chi connectivity index (χ0n) is 12.3. The molecule has 1 heterocycles. The maximum atomic E-state index is 11.7. The van der Waals surface area contributed by atoms with Gasteiger partial charge in [-0.1, -0.05) is 31.2 Å². The highest BCUT2D eigenvalue weighted by molar-refractivity contribution is 5.81. The molecule has 20 heavy (non-hydrogen) atoms. The van der Waals surface area contributed by atoms with Crippen LogP contribution in [-0.2, 0) is 17.8 Å². The minimum atomic E-state index is 0.265. The van der Waals surface area contributed by atoms with Gasteiger partial charge in [-0.2, -0.15) is 0 Å². The van der Waals surface area contributed by atoms with Gasteiger partial charge < -0.3 is 5.32 Å². The molecule has 1 saturated carbocycles. The minimum Gasteiger partial charge on any atom is -0.356 e. The van der Waals surface area contributed by atoms with Gasteiger partial charge in [0, 0.05) is 32.1 Å². The summed E-state index contributed by atoms with van der Waals surface area (Å²) in [6, 6.07) is 8.73. The van der Waals surface area contributed by atoms with E-state index in [1.807, 2.05) is 0 Å². The summed E-state index contributed by atoms with van der Waals surface area (Å²) in [5, 5.41) is 3.07. The molecule has 1 fully saturated rings. The Morgan fingerprint density at radius 3 is 2.85 bits per heavy atom. The van der Waals surface area contributed by atoms with Gasteiger partial charge >= 0.3 is 0 Å². The molecular formula is C17H24N2O. The molecule has 3 heteroatoms. The van der Waals surface area contributed by atoms with Crippen LogP contribution in [0.15, 0.2) is 24.3 Å². The molecule has 1 aliphatic heterocycles. The van der Waals surface area contributed by atoms with Gasteiger partial charge in [0.1, 0.15) is 0 Å². The molecule has 1 aliphatic carbocycles. The first-order chi connectivity index (χ1) is 9.74. The van der Waals surface area contributed by atoms with Gasteiger partial charge in [0.05, 0.1) is 0 Å². The maximum Gasteiger partial charge on any atom is 0.223 e.